The maximum absolute atomic E-state index is 12.4. The topological polar surface area (TPSA) is 61.9 Å². The zero-order chi connectivity index (χ0) is 17.6. The Morgan fingerprint density at radius 2 is 1.84 bits per heavy atom. The van der Waals surface area contributed by atoms with Crippen molar-refractivity contribution >= 4 is 5.69 Å². The lowest BCUT2D eigenvalue weighted by atomic mass is 10.1. The van der Waals surface area contributed by atoms with Gasteiger partial charge in [-0.1, -0.05) is 48.5 Å². The van der Waals surface area contributed by atoms with Crippen LogP contribution in [0.5, 0.6) is 0 Å². The largest absolute Gasteiger partial charge is 0.369 e. The van der Waals surface area contributed by atoms with Crippen LogP contribution in [0.1, 0.15) is 16.7 Å². The van der Waals surface area contributed by atoms with Crippen LogP contribution in [-0.2, 0) is 13.1 Å². The molecule has 5 nitrogen and oxygen atoms in total. The quantitative estimate of drug-likeness (QED) is 0.722. The first-order chi connectivity index (χ1) is 12.2. The number of aromatic nitrogens is 2. The molecule has 0 amide bonds. The van der Waals surface area contributed by atoms with Crippen LogP contribution in [0.25, 0.3) is 0 Å². The van der Waals surface area contributed by atoms with Crippen molar-refractivity contribution in [1.82, 2.24) is 9.78 Å². The van der Waals surface area contributed by atoms with Crippen LogP contribution in [0.4, 0.5) is 5.69 Å². The van der Waals surface area contributed by atoms with Gasteiger partial charge in [-0.3, -0.25) is 4.79 Å². The van der Waals surface area contributed by atoms with E-state index in [1.807, 2.05) is 54.4 Å². The Labute approximate surface area is 146 Å². The van der Waals surface area contributed by atoms with E-state index >= 15 is 0 Å². The van der Waals surface area contributed by atoms with Crippen LogP contribution in [0.3, 0.4) is 0 Å². The average molecular weight is 330 g/mol. The second kappa shape index (κ2) is 7.45. The molecule has 0 aliphatic heterocycles. The fourth-order valence-corrected chi connectivity index (χ4v) is 2.63. The average Bonchev–Trinajstić information content (AvgIpc) is 2.64. The molecule has 3 aromatic rings. The van der Waals surface area contributed by atoms with Gasteiger partial charge in [0.2, 0.25) is 0 Å². The number of benzene rings is 2. The highest BCUT2D eigenvalue weighted by Gasteiger charge is 2.08. The van der Waals surface area contributed by atoms with E-state index in [0.29, 0.717) is 12.1 Å². The van der Waals surface area contributed by atoms with E-state index in [1.54, 1.807) is 24.4 Å². The van der Waals surface area contributed by atoms with Crippen molar-refractivity contribution in [1.29, 1.82) is 5.26 Å². The van der Waals surface area contributed by atoms with Crippen molar-refractivity contribution in [3.63, 3.8) is 0 Å². The standard InChI is InChI=1S/C20H18N4O/c1-23(14-16-7-3-2-4-8-16)19-11-20(25)24(22-13-19)15-18-10-6-5-9-17(18)12-21/h2-11,13H,14-15H2,1H3. The predicted molar refractivity (Wildman–Crippen MR) is 97.3 cm³/mol. The summed E-state index contributed by atoms with van der Waals surface area (Å²) in [7, 11) is 1.93. The van der Waals surface area contributed by atoms with Crippen molar-refractivity contribution < 1.29 is 0 Å². The molecule has 0 N–H and O–H groups in total. The number of hydrogen-bond donors (Lipinski definition) is 0. The SMILES string of the molecule is CN(Cc1ccccc1)c1cnn(Cc2ccccc2C#N)c(=O)c1. The van der Waals surface area contributed by atoms with Gasteiger partial charge in [0.25, 0.3) is 5.56 Å². The van der Waals surface area contributed by atoms with Crippen LogP contribution in [0.15, 0.2) is 71.7 Å². The van der Waals surface area contributed by atoms with Gasteiger partial charge >= 0.3 is 0 Å². The van der Waals surface area contributed by atoms with Crippen LogP contribution < -0.4 is 10.5 Å². The molecule has 0 radical (unpaired) electrons. The summed E-state index contributed by atoms with van der Waals surface area (Å²) in [4.78, 5) is 14.4. The van der Waals surface area contributed by atoms with Gasteiger partial charge in [0, 0.05) is 19.7 Å². The van der Waals surface area contributed by atoms with Crippen molar-refractivity contribution in [3.05, 3.63) is 93.9 Å². The summed E-state index contributed by atoms with van der Waals surface area (Å²) in [5.41, 5.74) is 3.08. The molecule has 0 fully saturated rings. The lowest BCUT2D eigenvalue weighted by Crippen LogP contribution is -2.26. The molecule has 0 atom stereocenters. The summed E-state index contributed by atoms with van der Waals surface area (Å²) in [6, 6.07) is 21.0. The van der Waals surface area contributed by atoms with E-state index < -0.39 is 0 Å². The summed E-state index contributed by atoms with van der Waals surface area (Å²) in [6.07, 6.45) is 1.68. The van der Waals surface area contributed by atoms with Gasteiger partial charge in [0.05, 0.1) is 30.1 Å². The molecule has 25 heavy (non-hydrogen) atoms. The molecule has 0 aliphatic carbocycles. The fourth-order valence-electron chi connectivity index (χ4n) is 2.63. The molecule has 124 valence electrons. The third kappa shape index (κ3) is 3.93. The minimum atomic E-state index is -0.190. The Morgan fingerprint density at radius 1 is 1.12 bits per heavy atom. The molecule has 0 saturated heterocycles. The smallest absolute Gasteiger partial charge is 0.269 e. The van der Waals surface area contributed by atoms with Crippen molar-refractivity contribution in [2.45, 2.75) is 13.1 Å². The van der Waals surface area contributed by atoms with Gasteiger partial charge in [-0.05, 0) is 17.2 Å². The highest BCUT2D eigenvalue weighted by Crippen LogP contribution is 2.13. The number of anilines is 1. The van der Waals surface area contributed by atoms with E-state index in [-0.39, 0.29) is 12.1 Å². The van der Waals surface area contributed by atoms with Gasteiger partial charge in [-0.15, -0.1) is 0 Å². The summed E-state index contributed by atoms with van der Waals surface area (Å²) < 4.78 is 1.37. The first kappa shape index (κ1) is 16.5. The molecule has 0 unspecified atom stereocenters. The molecular weight excluding hydrogens is 312 g/mol. The molecule has 2 aromatic carbocycles. The predicted octanol–water partition coefficient (Wildman–Crippen LogP) is 2.80. The van der Waals surface area contributed by atoms with E-state index in [0.717, 1.165) is 16.8 Å². The number of nitrogens with zero attached hydrogens (tertiary/aromatic N) is 4. The molecular formula is C20H18N4O. The van der Waals surface area contributed by atoms with Gasteiger partial charge in [-0.25, -0.2) is 4.68 Å². The summed E-state index contributed by atoms with van der Waals surface area (Å²) in [6.45, 7) is 0.981. The van der Waals surface area contributed by atoms with Gasteiger partial charge in [-0.2, -0.15) is 10.4 Å². The van der Waals surface area contributed by atoms with Crippen LogP contribution in [0, 0.1) is 11.3 Å². The van der Waals surface area contributed by atoms with E-state index in [4.69, 9.17) is 5.26 Å². The Balaban J connectivity index is 1.79. The molecule has 0 spiro atoms. The second-order valence-corrected chi connectivity index (χ2v) is 5.82. The van der Waals surface area contributed by atoms with Gasteiger partial charge < -0.3 is 4.90 Å². The molecule has 3 rings (SSSR count). The van der Waals surface area contributed by atoms with Crippen molar-refractivity contribution in [2.24, 2.45) is 0 Å². The zero-order valence-electron chi connectivity index (χ0n) is 14.0. The molecule has 1 aromatic heterocycles. The Morgan fingerprint density at radius 3 is 2.56 bits per heavy atom. The highest BCUT2D eigenvalue weighted by atomic mass is 16.1. The first-order valence-electron chi connectivity index (χ1n) is 7.97. The molecule has 0 bridgehead atoms. The van der Waals surface area contributed by atoms with Crippen LogP contribution >= 0.6 is 0 Å². The minimum absolute atomic E-state index is 0.190. The third-order valence-corrected chi connectivity index (χ3v) is 4.02. The highest BCUT2D eigenvalue weighted by molar-refractivity contribution is 5.43. The maximum Gasteiger partial charge on any atom is 0.269 e. The first-order valence-corrected chi connectivity index (χ1v) is 7.97. The Bertz CT molecular complexity index is 957. The van der Waals surface area contributed by atoms with E-state index in [9.17, 15) is 4.79 Å². The normalized spacial score (nSPS) is 10.2. The molecule has 0 aliphatic rings. The maximum atomic E-state index is 12.4. The summed E-state index contributed by atoms with van der Waals surface area (Å²) in [5, 5.41) is 13.4. The summed E-state index contributed by atoms with van der Waals surface area (Å²) in [5.74, 6) is 0. The monoisotopic (exact) mass is 330 g/mol. The van der Waals surface area contributed by atoms with Crippen molar-refractivity contribution in [3.8, 4) is 6.07 Å². The van der Waals surface area contributed by atoms with E-state index in [2.05, 4.69) is 11.2 Å². The van der Waals surface area contributed by atoms with Gasteiger partial charge in [0.1, 0.15) is 0 Å². The Hall–Kier alpha value is -3.39. The molecule has 1 heterocycles. The lowest BCUT2D eigenvalue weighted by Gasteiger charge is -2.19. The number of hydrogen-bond acceptors (Lipinski definition) is 4. The Kier molecular flexibility index (Phi) is 4.91. The summed E-state index contributed by atoms with van der Waals surface area (Å²) >= 11 is 0. The van der Waals surface area contributed by atoms with Crippen molar-refractivity contribution in [2.75, 3.05) is 11.9 Å². The molecule has 0 saturated carbocycles. The second-order valence-electron chi connectivity index (χ2n) is 5.82. The number of rotatable bonds is 5. The third-order valence-electron chi connectivity index (χ3n) is 4.02. The number of nitriles is 1. The van der Waals surface area contributed by atoms with Gasteiger partial charge in [0.15, 0.2) is 0 Å². The zero-order valence-corrected chi connectivity index (χ0v) is 14.0. The minimum Gasteiger partial charge on any atom is -0.369 e. The van der Waals surface area contributed by atoms with Crippen LogP contribution in [0.2, 0.25) is 0 Å². The molecule has 5 heteroatoms. The van der Waals surface area contributed by atoms with E-state index in [1.165, 1.54) is 4.68 Å². The van der Waals surface area contributed by atoms with Crippen LogP contribution in [-0.4, -0.2) is 16.8 Å². The fraction of sp³-hybridized carbons (Fsp3) is 0.150. The lowest BCUT2D eigenvalue weighted by molar-refractivity contribution is 0.636.